The average molecular weight is 262 g/mol. The van der Waals surface area contributed by atoms with Crippen molar-refractivity contribution in [2.45, 2.75) is 51.0 Å². The number of fused-ring (bicyclic) bond motifs is 1. The fourth-order valence-electron chi connectivity index (χ4n) is 2.59. The molecule has 2 aliphatic heterocycles. The number of ether oxygens (including phenoxy) is 3. The van der Waals surface area contributed by atoms with Gasteiger partial charge in [0.2, 0.25) is 0 Å². The minimum absolute atomic E-state index is 0.00602. The van der Waals surface area contributed by atoms with Crippen LogP contribution in [-0.2, 0) is 25.4 Å². The number of hydrogen-bond acceptors (Lipinski definition) is 4. The highest BCUT2D eigenvalue weighted by atomic mass is 16.8. The number of carbonyl (C=O) groups excluding carboxylic acids is 1. The van der Waals surface area contributed by atoms with Gasteiger partial charge < -0.3 is 14.2 Å². The van der Waals surface area contributed by atoms with E-state index in [0.29, 0.717) is 6.42 Å². The van der Waals surface area contributed by atoms with Crippen molar-refractivity contribution in [3.05, 3.63) is 35.9 Å². The molecule has 0 aliphatic carbocycles. The van der Waals surface area contributed by atoms with Gasteiger partial charge in [-0.2, -0.15) is 0 Å². The maximum Gasteiger partial charge on any atom is 0.195 e. The van der Waals surface area contributed by atoms with E-state index in [2.05, 4.69) is 12.1 Å². The Bertz CT molecular complexity index is 468. The number of rotatable bonds is 3. The molecule has 1 aromatic rings. The highest BCUT2D eigenvalue weighted by Gasteiger charge is 2.53. The summed E-state index contributed by atoms with van der Waals surface area (Å²) in [6.07, 6.45) is -0.0198. The lowest BCUT2D eigenvalue weighted by atomic mass is 10.0. The summed E-state index contributed by atoms with van der Waals surface area (Å²) in [5, 5.41) is 0. The molecule has 19 heavy (non-hydrogen) atoms. The summed E-state index contributed by atoms with van der Waals surface area (Å²) in [5.41, 5.74) is 1.21. The number of ketones is 1. The van der Waals surface area contributed by atoms with Crippen LogP contribution in [0.25, 0.3) is 0 Å². The first-order valence-electron chi connectivity index (χ1n) is 6.64. The van der Waals surface area contributed by atoms with E-state index in [4.69, 9.17) is 14.2 Å². The third kappa shape index (κ3) is 2.56. The van der Waals surface area contributed by atoms with Crippen molar-refractivity contribution in [2.75, 3.05) is 0 Å². The van der Waals surface area contributed by atoms with Crippen LogP contribution in [0.2, 0.25) is 0 Å². The normalized spacial score (nSPS) is 32.5. The molecule has 1 aromatic carbocycles. The summed E-state index contributed by atoms with van der Waals surface area (Å²) in [7, 11) is 0. The summed E-state index contributed by atoms with van der Waals surface area (Å²) in [6.45, 7) is 3.59. The predicted octanol–water partition coefficient (Wildman–Crippen LogP) is 2.06. The molecule has 4 heteroatoms. The van der Waals surface area contributed by atoms with E-state index in [9.17, 15) is 4.79 Å². The summed E-state index contributed by atoms with van der Waals surface area (Å²) in [6, 6.07) is 10.1. The fourth-order valence-corrected chi connectivity index (χ4v) is 2.59. The topological polar surface area (TPSA) is 44.8 Å². The minimum Gasteiger partial charge on any atom is -0.338 e. The third-order valence-electron chi connectivity index (χ3n) is 3.49. The van der Waals surface area contributed by atoms with E-state index in [-0.39, 0.29) is 5.78 Å². The Morgan fingerprint density at radius 2 is 1.89 bits per heavy atom. The first-order chi connectivity index (χ1) is 9.05. The number of aryl methyl sites for hydroxylation is 1. The average Bonchev–Trinajstić information content (AvgIpc) is 2.83. The van der Waals surface area contributed by atoms with Crippen LogP contribution in [0, 0.1) is 0 Å². The van der Waals surface area contributed by atoms with Crippen molar-refractivity contribution >= 4 is 5.78 Å². The summed E-state index contributed by atoms with van der Waals surface area (Å²) >= 11 is 0. The van der Waals surface area contributed by atoms with Crippen molar-refractivity contribution in [3.63, 3.8) is 0 Å². The van der Waals surface area contributed by atoms with Crippen LogP contribution in [0.3, 0.4) is 0 Å². The first kappa shape index (κ1) is 12.8. The third-order valence-corrected chi connectivity index (χ3v) is 3.49. The van der Waals surface area contributed by atoms with E-state index in [0.717, 1.165) is 6.42 Å². The van der Waals surface area contributed by atoms with Crippen molar-refractivity contribution < 1.29 is 19.0 Å². The van der Waals surface area contributed by atoms with Gasteiger partial charge >= 0.3 is 0 Å². The standard InChI is InChI=1S/C15H18O4/c1-15(2)18-13-12(16)11(17-14(13)19-15)9-8-10-6-4-3-5-7-10/h3-7,11,13-14H,8-9H2,1-2H3/t11-,13-,14-/m1/s1. The molecule has 2 fully saturated rings. The van der Waals surface area contributed by atoms with E-state index >= 15 is 0 Å². The lowest BCUT2D eigenvalue weighted by Gasteiger charge is -2.19. The van der Waals surface area contributed by atoms with Crippen LogP contribution in [-0.4, -0.2) is 30.1 Å². The van der Waals surface area contributed by atoms with Crippen LogP contribution in [0.1, 0.15) is 25.8 Å². The number of carbonyl (C=O) groups is 1. The zero-order valence-electron chi connectivity index (χ0n) is 11.2. The largest absolute Gasteiger partial charge is 0.338 e. The molecule has 102 valence electrons. The van der Waals surface area contributed by atoms with Crippen molar-refractivity contribution in [1.82, 2.24) is 0 Å². The Morgan fingerprint density at radius 3 is 2.58 bits per heavy atom. The molecular formula is C15H18O4. The zero-order chi connectivity index (χ0) is 13.5. The maximum atomic E-state index is 12.2. The van der Waals surface area contributed by atoms with Gasteiger partial charge in [0.15, 0.2) is 24.0 Å². The molecule has 3 rings (SSSR count). The van der Waals surface area contributed by atoms with Gasteiger partial charge in [0, 0.05) is 0 Å². The van der Waals surface area contributed by atoms with Gasteiger partial charge in [0.1, 0.15) is 6.10 Å². The monoisotopic (exact) mass is 262 g/mol. The molecule has 4 nitrogen and oxygen atoms in total. The Morgan fingerprint density at radius 1 is 1.16 bits per heavy atom. The van der Waals surface area contributed by atoms with Crippen LogP contribution in [0.4, 0.5) is 0 Å². The highest BCUT2D eigenvalue weighted by Crippen LogP contribution is 2.36. The second kappa shape index (κ2) is 4.71. The molecular weight excluding hydrogens is 244 g/mol. The molecule has 2 heterocycles. The maximum absolute atomic E-state index is 12.2. The lowest BCUT2D eigenvalue weighted by Crippen LogP contribution is -2.30. The smallest absolute Gasteiger partial charge is 0.195 e. The molecule has 0 radical (unpaired) electrons. The predicted molar refractivity (Wildman–Crippen MR) is 68.5 cm³/mol. The molecule has 0 N–H and O–H groups in total. The number of Topliss-reactive ketones (excluding diaryl/α,β-unsaturated/α-hetero) is 1. The molecule has 0 aromatic heterocycles. The van der Waals surface area contributed by atoms with Gasteiger partial charge in [-0.3, -0.25) is 4.79 Å². The van der Waals surface area contributed by atoms with Crippen LogP contribution in [0.15, 0.2) is 30.3 Å². The molecule has 0 spiro atoms. The molecule has 2 saturated heterocycles. The number of benzene rings is 1. The molecule has 0 saturated carbocycles. The Hall–Kier alpha value is -1.23. The summed E-state index contributed by atoms with van der Waals surface area (Å²) in [4.78, 5) is 12.2. The Balaban J connectivity index is 1.59. The number of hydrogen-bond donors (Lipinski definition) is 0. The summed E-state index contributed by atoms with van der Waals surface area (Å²) in [5.74, 6) is -0.721. The van der Waals surface area contributed by atoms with Crippen LogP contribution >= 0.6 is 0 Å². The molecule has 3 atom stereocenters. The molecule has 0 amide bonds. The van der Waals surface area contributed by atoms with Gasteiger partial charge in [-0.05, 0) is 32.3 Å². The van der Waals surface area contributed by atoms with Gasteiger partial charge in [0.05, 0.1) is 0 Å². The van der Waals surface area contributed by atoms with E-state index < -0.39 is 24.3 Å². The second-order valence-electron chi connectivity index (χ2n) is 5.48. The van der Waals surface area contributed by atoms with Gasteiger partial charge in [-0.15, -0.1) is 0 Å². The molecule has 0 unspecified atom stereocenters. The highest BCUT2D eigenvalue weighted by molar-refractivity contribution is 5.89. The minimum atomic E-state index is -0.727. The summed E-state index contributed by atoms with van der Waals surface area (Å²) < 4.78 is 16.8. The quantitative estimate of drug-likeness (QED) is 0.836. The van der Waals surface area contributed by atoms with Crippen molar-refractivity contribution in [3.8, 4) is 0 Å². The van der Waals surface area contributed by atoms with Gasteiger partial charge in [0.25, 0.3) is 0 Å². The first-order valence-corrected chi connectivity index (χ1v) is 6.64. The van der Waals surface area contributed by atoms with Crippen molar-refractivity contribution in [1.29, 1.82) is 0 Å². The van der Waals surface area contributed by atoms with Crippen LogP contribution < -0.4 is 0 Å². The Labute approximate surface area is 112 Å². The second-order valence-corrected chi connectivity index (χ2v) is 5.48. The molecule has 2 aliphatic rings. The lowest BCUT2D eigenvalue weighted by molar-refractivity contribution is -0.205. The van der Waals surface area contributed by atoms with E-state index in [1.54, 1.807) is 13.8 Å². The van der Waals surface area contributed by atoms with Crippen molar-refractivity contribution in [2.24, 2.45) is 0 Å². The van der Waals surface area contributed by atoms with E-state index in [1.165, 1.54) is 5.56 Å². The Kier molecular flexibility index (Phi) is 3.17. The van der Waals surface area contributed by atoms with Crippen LogP contribution in [0.5, 0.6) is 0 Å². The van der Waals surface area contributed by atoms with E-state index in [1.807, 2.05) is 18.2 Å². The van der Waals surface area contributed by atoms with Gasteiger partial charge in [-0.1, -0.05) is 30.3 Å². The van der Waals surface area contributed by atoms with Gasteiger partial charge in [-0.25, -0.2) is 0 Å². The molecule has 0 bridgehead atoms. The SMILES string of the molecule is CC1(C)O[C@H]2O[C@H](CCc3ccccc3)C(=O)[C@H]2O1. The zero-order valence-corrected chi connectivity index (χ0v) is 11.2. The fraction of sp³-hybridized carbons (Fsp3) is 0.533.